The molecule has 0 amide bonds. The largest absolute Gasteiger partial charge is 0.459 e. The molecule has 0 radical (unpaired) electrons. The monoisotopic (exact) mass is 330 g/mol. The lowest BCUT2D eigenvalue weighted by atomic mass is 9.97. The summed E-state index contributed by atoms with van der Waals surface area (Å²) in [5.41, 5.74) is 1.26. The average Bonchev–Trinajstić information content (AvgIpc) is 3.25. The molecule has 0 N–H and O–H groups in total. The van der Waals surface area contributed by atoms with E-state index in [4.69, 9.17) is 8.83 Å². The first-order valence-corrected chi connectivity index (χ1v) is 8.55. The first kappa shape index (κ1) is 14.6. The second-order valence-electron chi connectivity index (χ2n) is 5.85. The summed E-state index contributed by atoms with van der Waals surface area (Å²) in [6.07, 6.45) is 5.01. The Labute approximate surface area is 138 Å². The fraction of sp³-hybridized carbons (Fsp3) is 0.438. The SMILES string of the molecule is Cc1nc2c(s1)C(N(C)Cc1nnc(-c3ccco3)o1)CCC2. The molecule has 0 bridgehead atoms. The summed E-state index contributed by atoms with van der Waals surface area (Å²) in [5, 5.41) is 9.34. The zero-order chi connectivity index (χ0) is 15.8. The van der Waals surface area contributed by atoms with E-state index in [9.17, 15) is 0 Å². The average molecular weight is 330 g/mol. The normalized spacial score (nSPS) is 17.6. The molecular weight excluding hydrogens is 312 g/mol. The van der Waals surface area contributed by atoms with Gasteiger partial charge in [0.1, 0.15) is 0 Å². The van der Waals surface area contributed by atoms with Gasteiger partial charge in [0.05, 0.1) is 23.5 Å². The molecule has 0 spiro atoms. The van der Waals surface area contributed by atoms with Crippen LogP contribution < -0.4 is 0 Å². The van der Waals surface area contributed by atoms with Crippen molar-refractivity contribution in [2.75, 3.05) is 7.05 Å². The number of nitrogens with zero attached hydrogens (tertiary/aromatic N) is 4. The van der Waals surface area contributed by atoms with Crippen molar-refractivity contribution in [1.82, 2.24) is 20.1 Å². The van der Waals surface area contributed by atoms with Crippen LogP contribution in [0.5, 0.6) is 0 Å². The van der Waals surface area contributed by atoms with E-state index in [-0.39, 0.29) is 0 Å². The summed E-state index contributed by atoms with van der Waals surface area (Å²) in [7, 11) is 2.10. The van der Waals surface area contributed by atoms with E-state index in [2.05, 4.69) is 34.1 Å². The topological polar surface area (TPSA) is 68.2 Å². The predicted molar refractivity (Wildman–Crippen MR) is 86.0 cm³/mol. The van der Waals surface area contributed by atoms with Gasteiger partial charge in [0.2, 0.25) is 5.89 Å². The predicted octanol–water partition coefficient (Wildman–Crippen LogP) is 3.60. The summed E-state index contributed by atoms with van der Waals surface area (Å²) in [6.45, 7) is 2.70. The Morgan fingerprint density at radius 1 is 1.39 bits per heavy atom. The zero-order valence-corrected chi connectivity index (χ0v) is 14.0. The van der Waals surface area contributed by atoms with E-state index < -0.39 is 0 Å². The summed E-state index contributed by atoms with van der Waals surface area (Å²) in [5.74, 6) is 1.63. The molecule has 0 fully saturated rings. The van der Waals surface area contributed by atoms with Crippen molar-refractivity contribution in [2.24, 2.45) is 0 Å². The van der Waals surface area contributed by atoms with E-state index in [1.54, 1.807) is 23.7 Å². The van der Waals surface area contributed by atoms with Gasteiger partial charge in [-0.3, -0.25) is 4.90 Å². The molecule has 0 aromatic carbocycles. The molecule has 3 aromatic heterocycles. The van der Waals surface area contributed by atoms with E-state index in [0.29, 0.717) is 30.1 Å². The number of aromatic nitrogens is 3. The Bertz CT molecular complexity index is 793. The quantitative estimate of drug-likeness (QED) is 0.728. The van der Waals surface area contributed by atoms with Crippen molar-refractivity contribution in [2.45, 2.75) is 38.8 Å². The van der Waals surface area contributed by atoms with Crippen LogP contribution in [0.15, 0.2) is 27.2 Å². The maximum Gasteiger partial charge on any atom is 0.283 e. The van der Waals surface area contributed by atoms with Gasteiger partial charge in [0.15, 0.2) is 5.76 Å². The van der Waals surface area contributed by atoms with Crippen LogP contribution in [0.1, 0.15) is 40.4 Å². The first-order chi connectivity index (χ1) is 11.2. The summed E-state index contributed by atoms with van der Waals surface area (Å²) in [4.78, 5) is 8.32. The van der Waals surface area contributed by atoms with Crippen molar-refractivity contribution in [1.29, 1.82) is 0 Å². The number of aryl methyl sites for hydroxylation is 2. The van der Waals surface area contributed by atoms with E-state index in [0.717, 1.165) is 17.8 Å². The molecule has 3 aromatic rings. The van der Waals surface area contributed by atoms with Crippen molar-refractivity contribution < 1.29 is 8.83 Å². The highest BCUT2D eigenvalue weighted by molar-refractivity contribution is 7.11. The maximum atomic E-state index is 5.71. The molecule has 1 aliphatic carbocycles. The minimum atomic E-state index is 0.379. The molecule has 1 aliphatic rings. The molecule has 0 aliphatic heterocycles. The highest BCUT2D eigenvalue weighted by atomic mass is 32.1. The van der Waals surface area contributed by atoms with Gasteiger partial charge in [-0.15, -0.1) is 21.5 Å². The molecule has 4 rings (SSSR count). The fourth-order valence-corrected chi connectivity index (χ4v) is 4.25. The van der Waals surface area contributed by atoms with Crippen LogP contribution in [-0.2, 0) is 13.0 Å². The van der Waals surface area contributed by atoms with E-state index in [1.807, 2.05) is 6.07 Å². The number of thiazole rings is 1. The maximum absolute atomic E-state index is 5.71. The summed E-state index contributed by atoms with van der Waals surface area (Å²) >= 11 is 1.81. The second kappa shape index (κ2) is 5.90. The molecule has 1 atom stereocenters. The number of rotatable bonds is 4. The number of fused-ring (bicyclic) bond motifs is 1. The molecule has 0 saturated heterocycles. The van der Waals surface area contributed by atoms with Crippen molar-refractivity contribution in [3.05, 3.63) is 39.9 Å². The lowest BCUT2D eigenvalue weighted by molar-refractivity contribution is 0.197. The Morgan fingerprint density at radius 3 is 3.13 bits per heavy atom. The third kappa shape index (κ3) is 2.82. The molecule has 120 valence electrons. The Balaban J connectivity index is 1.51. The van der Waals surface area contributed by atoms with Crippen LogP contribution in [0.4, 0.5) is 0 Å². The smallest absolute Gasteiger partial charge is 0.283 e. The van der Waals surface area contributed by atoms with Crippen molar-refractivity contribution >= 4 is 11.3 Å². The standard InChI is InChI=1S/C16H18N4O2S/c1-10-17-11-5-3-6-12(15(11)23-10)20(2)9-14-18-19-16(22-14)13-7-4-8-21-13/h4,7-8,12H,3,5-6,9H2,1-2H3. The second-order valence-corrected chi connectivity index (χ2v) is 7.08. The fourth-order valence-electron chi connectivity index (χ4n) is 3.08. The minimum Gasteiger partial charge on any atom is -0.459 e. The highest BCUT2D eigenvalue weighted by Crippen LogP contribution is 2.37. The number of furan rings is 1. The minimum absolute atomic E-state index is 0.379. The lowest BCUT2D eigenvalue weighted by Crippen LogP contribution is -2.26. The summed E-state index contributed by atoms with van der Waals surface area (Å²) < 4.78 is 11.0. The van der Waals surface area contributed by atoms with E-state index in [1.165, 1.54) is 17.0 Å². The van der Waals surface area contributed by atoms with Gasteiger partial charge in [-0.05, 0) is 45.4 Å². The molecule has 0 saturated carbocycles. The van der Waals surface area contributed by atoms with Gasteiger partial charge in [-0.1, -0.05) is 0 Å². The van der Waals surface area contributed by atoms with E-state index >= 15 is 0 Å². The van der Waals surface area contributed by atoms with Crippen LogP contribution in [0.3, 0.4) is 0 Å². The van der Waals surface area contributed by atoms with Gasteiger partial charge in [-0.2, -0.15) is 0 Å². The van der Waals surface area contributed by atoms with Crippen LogP contribution in [0.25, 0.3) is 11.7 Å². The molecule has 3 heterocycles. The van der Waals surface area contributed by atoms with Gasteiger partial charge < -0.3 is 8.83 Å². The third-order valence-electron chi connectivity index (χ3n) is 4.14. The van der Waals surface area contributed by atoms with Gasteiger partial charge in [-0.25, -0.2) is 4.98 Å². The lowest BCUT2D eigenvalue weighted by Gasteiger charge is -2.29. The highest BCUT2D eigenvalue weighted by Gasteiger charge is 2.28. The van der Waals surface area contributed by atoms with Crippen LogP contribution in [0.2, 0.25) is 0 Å². The number of hydrogen-bond acceptors (Lipinski definition) is 7. The first-order valence-electron chi connectivity index (χ1n) is 7.73. The molecule has 1 unspecified atom stereocenters. The van der Waals surface area contributed by atoms with Crippen molar-refractivity contribution in [3.8, 4) is 11.7 Å². The van der Waals surface area contributed by atoms with Crippen LogP contribution >= 0.6 is 11.3 Å². The Kier molecular flexibility index (Phi) is 3.74. The van der Waals surface area contributed by atoms with Gasteiger partial charge >= 0.3 is 0 Å². The third-order valence-corrected chi connectivity index (χ3v) is 5.26. The molecular formula is C16H18N4O2S. The molecule has 7 heteroatoms. The van der Waals surface area contributed by atoms with Crippen LogP contribution in [-0.4, -0.2) is 27.1 Å². The Morgan fingerprint density at radius 2 is 2.30 bits per heavy atom. The Hall–Kier alpha value is -1.99. The van der Waals surface area contributed by atoms with Crippen molar-refractivity contribution in [3.63, 3.8) is 0 Å². The molecule has 23 heavy (non-hydrogen) atoms. The number of hydrogen-bond donors (Lipinski definition) is 0. The molecule has 6 nitrogen and oxygen atoms in total. The van der Waals surface area contributed by atoms with Gasteiger partial charge in [0.25, 0.3) is 5.89 Å². The van der Waals surface area contributed by atoms with Gasteiger partial charge in [0, 0.05) is 10.9 Å². The van der Waals surface area contributed by atoms with Crippen LogP contribution in [0, 0.1) is 6.92 Å². The summed E-state index contributed by atoms with van der Waals surface area (Å²) in [6, 6.07) is 4.00. The zero-order valence-electron chi connectivity index (χ0n) is 13.2.